The highest BCUT2D eigenvalue weighted by molar-refractivity contribution is 9.10. The molecule has 0 aliphatic heterocycles. The van der Waals surface area contributed by atoms with E-state index in [4.69, 9.17) is 0 Å². The molecule has 1 N–H and O–H groups in total. The summed E-state index contributed by atoms with van der Waals surface area (Å²) < 4.78 is 2.44. The quantitative estimate of drug-likeness (QED) is 0.716. The Morgan fingerprint density at radius 3 is 2.89 bits per heavy atom. The van der Waals surface area contributed by atoms with E-state index in [1.165, 1.54) is 14.0 Å². The third-order valence-corrected chi connectivity index (χ3v) is 6.03. The van der Waals surface area contributed by atoms with Gasteiger partial charge in [-0.2, -0.15) is 0 Å². The number of nitrogens with zero attached hydrogens (tertiary/aromatic N) is 1. The molecule has 19 heavy (non-hydrogen) atoms. The molecule has 0 aliphatic carbocycles. The third-order valence-electron chi connectivity index (χ3n) is 2.94. The van der Waals surface area contributed by atoms with Gasteiger partial charge in [0.15, 0.2) is 0 Å². The van der Waals surface area contributed by atoms with Gasteiger partial charge in [0.25, 0.3) is 0 Å². The van der Waals surface area contributed by atoms with Crippen LogP contribution in [0.4, 0.5) is 0 Å². The van der Waals surface area contributed by atoms with Gasteiger partial charge >= 0.3 is 0 Å². The summed E-state index contributed by atoms with van der Waals surface area (Å²) >= 11 is 7.11. The molecule has 0 radical (unpaired) electrons. The normalized spacial score (nSPS) is 12.9. The average molecular weight is 353 g/mol. The van der Waals surface area contributed by atoms with Crippen molar-refractivity contribution in [1.29, 1.82) is 0 Å². The molecule has 2 aromatic heterocycles. The molecule has 3 aromatic rings. The van der Waals surface area contributed by atoms with Gasteiger partial charge in [0.2, 0.25) is 0 Å². The summed E-state index contributed by atoms with van der Waals surface area (Å²) in [6.45, 7) is 2.99. The molecule has 3 rings (SSSR count). The fourth-order valence-electron chi connectivity index (χ4n) is 1.94. The van der Waals surface area contributed by atoms with E-state index < -0.39 is 0 Å². The fraction of sp³-hybridized carbons (Fsp3) is 0.214. The Kier molecular flexibility index (Phi) is 3.98. The minimum Gasteiger partial charge on any atom is -0.303 e. The highest BCUT2D eigenvalue weighted by Gasteiger charge is 2.11. The van der Waals surface area contributed by atoms with Crippen LogP contribution in [0.25, 0.3) is 10.2 Å². The molecule has 1 atom stereocenters. The molecular weight excluding hydrogens is 340 g/mol. The van der Waals surface area contributed by atoms with Gasteiger partial charge in [0.1, 0.15) is 5.01 Å². The zero-order valence-electron chi connectivity index (χ0n) is 10.4. The van der Waals surface area contributed by atoms with Gasteiger partial charge in [-0.25, -0.2) is 4.98 Å². The molecule has 0 saturated heterocycles. The zero-order valence-corrected chi connectivity index (χ0v) is 13.6. The number of nitrogens with one attached hydrogen (secondary N) is 1. The SMILES string of the molecule is CC(NCc1nc2ccccc2s1)c1sccc1Br. The van der Waals surface area contributed by atoms with Crippen molar-refractivity contribution < 1.29 is 0 Å². The minimum absolute atomic E-state index is 0.335. The minimum atomic E-state index is 0.335. The number of thiazole rings is 1. The van der Waals surface area contributed by atoms with Crippen LogP contribution in [0.3, 0.4) is 0 Å². The summed E-state index contributed by atoms with van der Waals surface area (Å²) in [5.74, 6) is 0. The van der Waals surface area contributed by atoms with E-state index in [2.05, 4.69) is 62.8 Å². The first kappa shape index (κ1) is 13.2. The van der Waals surface area contributed by atoms with E-state index in [1.54, 1.807) is 22.7 Å². The summed E-state index contributed by atoms with van der Waals surface area (Å²) in [7, 11) is 0. The lowest BCUT2D eigenvalue weighted by Crippen LogP contribution is -2.17. The zero-order chi connectivity index (χ0) is 13.2. The lowest BCUT2D eigenvalue weighted by molar-refractivity contribution is 0.580. The van der Waals surface area contributed by atoms with Gasteiger partial charge in [-0.05, 0) is 46.4 Å². The molecule has 2 heterocycles. The van der Waals surface area contributed by atoms with Crippen LogP contribution in [-0.2, 0) is 6.54 Å². The largest absolute Gasteiger partial charge is 0.303 e. The first-order valence-electron chi connectivity index (χ1n) is 6.05. The van der Waals surface area contributed by atoms with Crippen molar-refractivity contribution in [2.75, 3.05) is 0 Å². The Morgan fingerprint density at radius 2 is 2.16 bits per heavy atom. The number of benzene rings is 1. The van der Waals surface area contributed by atoms with Gasteiger partial charge < -0.3 is 5.32 Å². The maximum atomic E-state index is 4.64. The molecule has 1 aromatic carbocycles. The Labute approximate surface area is 128 Å². The summed E-state index contributed by atoms with van der Waals surface area (Å²) in [5.41, 5.74) is 1.09. The highest BCUT2D eigenvalue weighted by atomic mass is 79.9. The van der Waals surface area contributed by atoms with E-state index in [0.29, 0.717) is 6.04 Å². The molecule has 0 amide bonds. The summed E-state index contributed by atoms with van der Waals surface area (Å²) in [5, 5.41) is 6.78. The van der Waals surface area contributed by atoms with E-state index in [-0.39, 0.29) is 0 Å². The van der Waals surface area contributed by atoms with Gasteiger partial charge in [-0.3, -0.25) is 0 Å². The van der Waals surface area contributed by atoms with Gasteiger partial charge in [-0.15, -0.1) is 22.7 Å². The first-order valence-corrected chi connectivity index (χ1v) is 8.53. The molecule has 1 unspecified atom stereocenters. The lowest BCUT2D eigenvalue weighted by atomic mass is 10.3. The standard InChI is InChI=1S/C14H13BrN2S2/c1-9(14-10(15)6-7-18-14)16-8-13-17-11-4-2-3-5-12(11)19-13/h2-7,9,16H,8H2,1H3. The Bertz CT molecular complexity index is 656. The average Bonchev–Trinajstić information content (AvgIpc) is 3.01. The van der Waals surface area contributed by atoms with E-state index >= 15 is 0 Å². The van der Waals surface area contributed by atoms with Crippen LogP contribution in [0.1, 0.15) is 22.9 Å². The molecule has 0 fully saturated rings. The summed E-state index contributed by atoms with van der Waals surface area (Å²) in [4.78, 5) is 5.97. The monoisotopic (exact) mass is 352 g/mol. The summed E-state index contributed by atoms with van der Waals surface area (Å²) in [6, 6.07) is 10.7. The van der Waals surface area contributed by atoms with Crippen LogP contribution in [-0.4, -0.2) is 4.98 Å². The Balaban J connectivity index is 1.70. The van der Waals surface area contributed by atoms with Gasteiger partial charge in [-0.1, -0.05) is 12.1 Å². The maximum Gasteiger partial charge on any atom is 0.108 e. The lowest BCUT2D eigenvalue weighted by Gasteiger charge is -2.11. The van der Waals surface area contributed by atoms with Crippen molar-refractivity contribution >= 4 is 48.8 Å². The van der Waals surface area contributed by atoms with Crippen molar-refractivity contribution in [2.24, 2.45) is 0 Å². The van der Waals surface area contributed by atoms with Crippen LogP contribution in [0.15, 0.2) is 40.2 Å². The van der Waals surface area contributed by atoms with Crippen molar-refractivity contribution in [3.8, 4) is 0 Å². The molecule has 5 heteroatoms. The van der Waals surface area contributed by atoms with Crippen molar-refractivity contribution in [3.05, 3.63) is 50.1 Å². The van der Waals surface area contributed by atoms with Crippen LogP contribution in [0, 0.1) is 0 Å². The van der Waals surface area contributed by atoms with Gasteiger partial charge in [0, 0.05) is 21.9 Å². The molecule has 0 bridgehead atoms. The number of rotatable bonds is 4. The van der Waals surface area contributed by atoms with Gasteiger partial charge in [0.05, 0.1) is 10.2 Å². The second-order valence-electron chi connectivity index (χ2n) is 4.31. The molecule has 0 saturated carbocycles. The van der Waals surface area contributed by atoms with Crippen molar-refractivity contribution in [1.82, 2.24) is 10.3 Å². The molecule has 0 spiro atoms. The highest BCUT2D eigenvalue weighted by Crippen LogP contribution is 2.29. The fourth-order valence-corrected chi connectivity index (χ4v) is 4.61. The molecule has 0 aliphatic rings. The van der Waals surface area contributed by atoms with Crippen LogP contribution in [0.2, 0.25) is 0 Å². The van der Waals surface area contributed by atoms with E-state index in [1.807, 2.05) is 6.07 Å². The van der Waals surface area contributed by atoms with Crippen molar-refractivity contribution in [2.45, 2.75) is 19.5 Å². The van der Waals surface area contributed by atoms with Crippen molar-refractivity contribution in [3.63, 3.8) is 0 Å². The first-order chi connectivity index (χ1) is 9.24. The second kappa shape index (κ2) is 5.71. The van der Waals surface area contributed by atoms with Crippen LogP contribution in [0.5, 0.6) is 0 Å². The molecule has 98 valence electrons. The van der Waals surface area contributed by atoms with E-state index in [9.17, 15) is 0 Å². The molecule has 2 nitrogen and oxygen atoms in total. The number of para-hydroxylation sites is 1. The van der Waals surface area contributed by atoms with Crippen LogP contribution < -0.4 is 5.32 Å². The van der Waals surface area contributed by atoms with Crippen LogP contribution >= 0.6 is 38.6 Å². The number of thiophene rings is 1. The number of hydrogen-bond donors (Lipinski definition) is 1. The van der Waals surface area contributed by atoms with E-state index in [0.717, 1.165) is 17.1 Å². The Hall–Kier alpha value is -0.750. The predicted molar refractivity (Wildman–Crippen MR) is 86.9 cm³/mol. The second-order valence-corrected chi connectivity index (χ2v) is 7.23. The third kappa shape index (κ3) is 2.89. The smallest absolute Gasteiger partial charge is 0.108 e. The topological polar surface area (TPSA) is 24.9 Å². The predicted octanol–water partition coefficient (Wildman–Crippen LogP) is 4.97. The number of halogens is 1. The maximum absolute atomic E-state index is 4.64. The molecular formula is C14H13BrN2S2. The number of fused-ring (bicyclic) bond motifs is 1. The number of aromatic nitrogens is 1. The summed E-state index contributed by atoms with van der Waals surface area (Å²) in [6.07, 6.45) is 0. The number of hydrogen-bond acceptors (Lipinski definition) is 4. The Morgan fingerprint density at radius 1 is 1.32 bits per heavy atom.